The lowest BCUT2D eigenvalue weighted by Crippen LogP contribution is -1.97. The van der Waals surface area contributed by atoms with Crippen molar-refractivity contribution in [2.45, 2.75) is 19.6 Å². The molecule has 0 fully saturated rings. The fourth-order valence-corrected chi connectivity index (χ4v) is 1.79. The van der Waals surface area contributed by atoms with E-state index in [-0.39, 0.29) is 0 Å². The Morgan fingerprint density at radius 2 is 1.79 bits per heavy atom. The van der Waals surface area contributed by atoms with Crippen LogP contribution in [0, 0.1) is 0 Å². The van der Waals surface area contributed by atoms with E-state index in [4.69, 9.17) is 9.47 Å². The minimum absolute atomic E-state index is 0.473. The summed E-state index contributed by atoms with van der Waals surface area (Å²) in [6, 6.07) is 15.3. The Balaban J connectivity index is 2.03. The highest BCUT2D eigenvalue weighted by Crippen LogP contribution is 2.20. The van der Waals surface area contributed by atoms with Crippen LogP contribution in [0.3, 0.4) is 0 Å². The molecule has 1 N–H and O–H groups in total. The van der Waals surface area contributed by atoms with Crippen molar-refractivity contribution in [2.24, 2.45) is 0 Å². The van der Waals surface area contributed by atoms with Gasteiger partial charge in [-0.05, 0) is 42.3 Å². The van der Waals surface area contributed by atoms with Crippen molar-refractivity contribution in [3.05, 3.63) is 59.7 Å². The zero-order valence-corrected chi connectivity index (χ0v) is 11.2. The molecule has 100 valence electrons. The SMILES string of the molecule is COc1cccc(COc2cccc(C(C)O)c2)c1. The standard InChI is InChI=1S/C16H18O3/c1-12(17)14-6-4-8-16(10-14)19-11-13-5-3-7-15(9-13)18-2/h3-10,12,17H,11H2,1-2H3. The summed E-state index contributed by atoms with van der Waals surface area (Å²) in [6.07, 6.45) is -0.486. The summed E-state index contributed by atoms with van der Waals surface area (Å²) in [5, 5.41) is 9.53. The van der Waals surface area contributed by atoms with Gasteiger partial charge in [0, 0.05) is 0 Å². The van der Waals surface area contributed by atoms with Crippen LogP contribution in [0.4, 0.5) is 0 Å². The van der Waals surface area contributed by atoms with Gasteiger partial charge in [-0.3, -0.25) is 0 Å². The topological polar surface area (TPSA) is 38.7 Å². The highest BCUT2D eigenvalue weighted by molar-refractivity contribution is 5.31. The van der Waals surface area contributed by atoms with Gasteiger partial charge >= 0.3 is 0 Å². The lowest BCUT2D eigenvalue weighted by Gasteiger charge is -2.10. The summed E-state index contributed by atoms with van der Waals surface area (Å²) in [6.45, 7) is 2.21. The molecule has 0 saturated carbocycles. The van der Waals surface area contributed by atoms with Crippen LogP contribution in [0.5, 0.6) is 11.5 Å². The fraction of sp³-hybridized carbons (Fsp3) is 0.250. The van der Waals surface area contributed by atoms with Gasteiger partial charge in [0.15, 0.2) is 0 Å². The predicted molar refractivity (Wildman–Crippen MR) is 74.4 cm³/mol. The molecule has 1 unspecified atom stereocenters. The van der Waals surface area contributed by atoms with Gasteiger partial charge in [-0.15, -0.1) is 0 Å². The molecule has 0 aliphatic carbocycles. The number of hydrogen-bond donors (Lipinski definition) is 1. The Labute approximate surface area is 113 Å². The number of ether oxygens (including phenoxy) is 2. The second kappa shape index (κ2) is 6.25. The van der Waals surface area contributed by atoms with Crippen molar-refractivity contribution in [1.29, 1.82) is 0 Å². The lowest BCUT2D eigenvalue weighted by molar-refractivity contribution is 0.198. The average molecular weight is 258 g/mol. The fourth-order valence-electron chi connectivity index (χ4n) is 1.79. The molecule has 0 amide bonds. The number of benzene rings is 2. The second-order valence-electron chi connectivity index (χ2n) is 4.39. The van der Waals surface area contributed by atoms with E-state index in [9.17, 15) is 5.11 Å². The monoisotopic (exact) mass is 258 g/mol. The molecular weight excluding hydrogens is 240 g/mol. The minimum atomic E-state index is -0.486. The summed E-state index contributed by atoms with van der Waals surface area (Å²) in [7, 11) is 1.64. The van der Waals surface area contributed by atoms with Crippen LogP contribution in [0.2, 0.25) is 0 Å². The maximum absolute atomic E-state index is 9.53. The number of hydrogen-bond acceptors (Lipinski definition) is 3. The zero-order chi connectivity index (χ0) is 13.7. The van der Waals surface area contributed by atoms with Crippen molar-refractivity contribution in [3.8, 4) is 11.5 Å². The largest absolute Gasteiger partial charge is 0.497 e. The Bertz CT molecular complexity index is 535. The van der Waals surface area contributed by atoms with Crippen LogP contribution in [-0.4, -0.2) is 12.2 Å². The molecule has 0 aliphatic rings. The lowest BCUT2D eigenvalue weighted by atomic mass is 10.1. The Hall–Kier alpha value is -2.00. The first-order chi connectivity index (χ1) is 9.19. The van der Waals surface area contributed by atoms with Crippen molar-refractivity contribution >= 4 is 0 Å². The highest BCUT2D eigenvalue weighted by atomic mass is 16.5. The molecular formula is C16H18O3. The molecule has 0 spiro atoms. The van der Waals surface area contributed by atoms with E-state index >= 15 is 0 Å². The molecule has 3 heteroatoms. The first kappa shape index (κ1) is 13.4. The molecule has 0 aromatic heterocycles. The van der Waals surface area contributed by atoms with Gasteiger partial charge in [0.1, 0.15) is 18.1 Å². The van der Waals surface area contributed by atoms with Crippen LogP contribution < -0.4 is 9.47 Å². The number of rotatable bonds is 5. The molecule has 3 nitrogen and oxygen atoms in total. The first-order valence-corrected chi connectivity index (χ1v) is 6.23. The van der Waals surface area contributed by atoms with Crippen LogP contribution in [0.1, 0.15) is 24.2 Å². The van der Waals surface area contributed by atoms with E-state index in [2.05, 4.69) is 0 Å². The van der Waals surface area contributed by atoms with E-state index in [1.54, 1.807) is 14.0 Å². The van der Waals surface area contributed by atoms with Gasteiger partial charge in [0.05, 0.1) is 13.2 Å². The Morgan fingerprint density at radius 1 is 1.05 bits per heavy atom. The molecule has 0 bridgehead atoms. The molecule has 0 aliphatic heterocycles. The van der Waals surface area contributed by atoms with E-state index < -0.39 is 6.10 Å². The molecule has 2 rings (SSSR count). The van der Waals surface area contributed by atoms with Crippen molar-refractivity contribution in [2.75, 3.05) is 7.11 Å². The van der Waals surface area contributed by atoms with Crippen LogP contribution in [0.25, 0.3) is 0 Å². The maximum Gasteiger partial charge on any atom is 0.120 e. The molecule has 19 heavy (non-hydrogen) atoms. The predicted octanol–water partition coefficient (Wildman–Crippen LogP) is 3.33. The van der Waals surface area contributed by atoms with Crippen molar-refractivity contribution in [1.82, 2.24) is 0 Å². The van der Waals surface area contributed by atoms with E-state index in [1.165, 1.54) is 0 Å². The second-order valence-corrected chi connectivity index (χ2v) is 4.39. The van der Waals surface area contributed by atoms with Gasteiger partial charge < -0.3 is 14.6 Å². The third-order valence-corrected chi connectivity index (χ3v) is 2.88. The zero-order valence-electron chi connectivity index (χ0n) is 11.2. The number of aliphatic hydroxyl groups is 1. The van der Waals surface area contributed by atoms with E-state index in [0.717, 1.165) is 22.6 Å². The van der Waals surface area contributed by atoms with Crippen LogP contribution in [0.15, 0.2) is 48.5 Å². The molecule has 1 atom stereocenters. The van der Waals surface area contributed by atoms with E-state index in [0.29, 0.717) is 6.61 Å². The van der Waals surface area contributed by atoms with Gasteiger partial charge in [0.2, 0.25) is 0 Å². The Kier molecular flexibility index (Phi) is 4.42. The summed E-state index contributed by atoms with van der Waals surface area (Å²) in [5.74, 6) is 1.57. The smallest absolute Gasteiger partial charge is 0.120 e. The van der Waals surface area contributed by atoms with Crippen LogP contribution in [-0.2, 0) is 6.61 Å². The molecule has 0 saturated heterocycles. The van der Waals surface area contributed by atoms with Gasteiger partial charge in [-0.25, -0.2) is 0 Å². The van der Waals surface area contributed by atoms with Crippen LogP contribution >= 0.6 is 0 Å². The molecule has 0 heterocycles. The van der Waals surface area contributed by atoms with Crippen molar-refractivity contribution in [3.63, 3.8) is 0 Å². The van der Waals surface area contributed by atoms with Gasteiger partial charge in [0.25, 0.3) is 0 Å². The quantitative estimate of drug-likeness (QED) is 0.894. The average Bonchev–Trinajstić information content (AvgIpc) is 2.45. The summed E-state index contributed by atoms with van der Waals surface area (Å²) < 4.78 is 10.9. The summed E-state index contributed by atoms with van der Waals surface area (Å²) in [4.78, 5) is 0. The molecule has 2 aromatic carbocycles. The van der Waals surface area contributed by atoms with Gasteiger partial charge in [-0.1, -0.05) is 24.3 Å². The normalized spacial score (nSPS) is 11.9. The van der Waals surface area contributed by atoms with E-state index in [1.807, 2.05) is 48.5 Å². The third-order valence-electron chi connectivity index (χ3n) is 2.88. The maximum atomic E-state index is 9.53. The first-order valence-electron chi connectivity index (χ1n) is 6.23. The number of methoxy groups -OCH3 is 1. The number of aliphatic hydroxyl groups excluding tert-OH is 1. The Morgan fingerprint density at radius 3 is 2.53 bits per heavy atom. The highest BCUT2D eigenvalue weighted by Gasteiger charge is 2.03. The summed E-state index contributed by atoms with van der Waals surface area (Å²) in [5.41, 5.74) is 1.89. The molecule has 0 radical (unpaired) electrons. The third kappa shape index (κ3) is 3.73. The minimum Gasteiger partial charge on any atom is -0.497 e. The summed E-state index contributed by atoms with van der Waals surface area (Å²) >= 11 is 0. The molecule has 2 aromatic rings. The van der Waals surface area contributed by atoms with Gasteiger partial charge in [-0.2, -0.15) is 0 Å². The van der Waals surface area contributed by atoms with Crippen molar-refractivity contribution < 1.29 is 14.6 Å².